The Bertz CT molecular complexity index is 487. The lowest BCUT2D eigenvalue weighted by molar-refractivity contribution is 0.663. The highest BCUT2D eigenvalue weighted by Crippen LogP contribution is 2.24. The predicted octanol–water partition coefficient (Wildman–Crippen LogP) is 1.83. The van der Waals surface area contributed by atoms with Crippen molar-refractivity contribution in [3.8, 4) is 0 Å². The first kappa shape index (κ1) is 11.1. The van der Waals surface area contributed by atoms with Gasteiger partial charge in [-0.25, -0.2) is 0 Å². The second-order valence-corrected chi connectivity index (χ2v) is 4.14. The number of pyridine rings is 1. The standard InChI is InChI=1S/C11H13ClN4/c1-7-3-4-14-9(5-7)10(13)11-8(12)6-15-16(11)2/h3-6,10H,13H2,1-2H3. The maximum absolute atomic E-state index is 6.12. The van der Waals surface area contributed by atoms with Gasteiger partial charge in [-0.15, -0.1) is 0 Å². The van der Waals surface area contributed by atoms with E-state index in [2.05, 4.69) is 10.1 Å². The largest absolute Gasteiger partial charge is 0.318 e. The number of hydrogen-bond acceptors (Lipinski definition) is 3. The molecule has 2 rings (SSSR count). The van der Waals surface area contributed by atoms with Crippen molar-refractivity contribution in [3.63, 3.8) is 0 Å². The lowest BCUT2D eigenvalue weighted by Gasteiger charge is -2.12. The van der Waals surface area contributed by atoms with Gasteiger partial charge in [-0.2, -0.15) is 5.10 Å². The summed E-state index contributed by atoms with van der Waals surface area (Å²) in [5.74, 6) is 0. The van der Waals surface area contributed by atoms with E-state index in [9.17, 15) is 0 Å². The SMILES string of the molecule is Cc1ccnc(C(N)c2c(Cl)cnn2C)c1. The first-order valence-electron chi connectivity index (χ1n) is 4.95. The zero-order chi connectivity index (χ0) is 11.7. The van der Waals surface area contributed by atoms with Gasteiger partial charge in [0.1, 0.15) is 0 Å². The van der Waals surface area contributed by atoms with Crippen molar-refractivity contribution in [1.82, 2.24) is 14.8 Å². The Labute approximate surface area is 99.1 Å². The van der Waals surface area contributed by atoms with E-state index in [4.69, 9.17) is 17.3 Å². The van der Waals surface area contributed by atoms with Crippen LogP contribution in [0.4, 0.5) is 0 Å². The monoisotopic (exact) mass is 236 g/mol. The summed E-state index contributed by atoms with van der Waals surface area (Å²) in [7, 11) is 1.82. The van der Waals surface area contributed by atoms with Crippen LogP contribution < -0.4 is 5.73 Å². The van der Waals surface area contributed by atoms with Crippen LogP contribution in [-0.4, -0.2) is 14.8 Å². The van der Waals surface area contributed by atoms with Gasteiger partial charge < -0.3 is 5.73 Å². The smallest absolute Gasteiger partial charge is 0.0912 e. The van der Waals surface area contributed by atoms with Crippen LogP contribution in [0.2, 0.25) is 5.02 Å². The van der Waals surface area contributed by atoms with Gasteiger partial charge in [-0.1, -0.05) is 11.6 Å². The molecular formula is C11H13ClN4. The fraction of sp³-hybridized carbons (Fsp3) is 0.273. The average molecular weight is 237 g/mol. The third kappa shape index (κ3) is 1.94. The molecule has 0 amide bonds. The molecule has 84 valence electrons. The summed E-state index contributed by atoms with van der Waals surface area (Å²) in [6, 6.07) is 3.54. The van der Waals surface area contributed by atoms with Crippen molar-refractivity contribution < 1.29 is 0 Å². The summed E-state index contributed by atoms with van der Waals surface area (Å²) in [5, 5.41) is 4.63. The second-order valence-electron chi connectivity index (χ2n) is 3.74. The Morgan fingerprint density at radius 2 is 2.25 bits per heavy atom. The summed E-state index contributed by atoms with van der Waals surface area (Å²) >= 11 is 6.04. The number of aryl methyl sites for hydroxylation is 2. The molecule has 0 aliphatic heterocycles. The molecule has 1 unspecified atom stereocenters. The zero-order valence-corrected chi connectivity index (χ0v) is 9.94. The molecule has 0 aliphatic carbocycles. The Kier molecular flexibility index (Phi) is 2.94. The summed E-state index contributed by atoms with van der Waals surface area (Å²) in [6.45, 7) is 2.00. The molecule has 2 heterocycles. The number of aromatic nitrogens is 3. The maximum atomic E-state index is 6.12. The number of rotatable bonds is 2. The molecule has 4 nitrogen and oxygen atoms in total. The third-order valence-electron chi connectivity index (χ3n) is 2.49. The van der Waals surface area contributed by atoms with Gasteiger partial charge in [0.25, 0.3) is 0 Å². The second kappa shape index (κ2) is 4.23. The Balaban J connectivity index is 2.43. The first-order valence-corrected chi connectivity index (χ1v) is 5.33. The molecule has 0 saturated carbocycles. The lowest BCUT2D eigenvalue weighted by Crippen LogP contribution is -2.17. The van der Waals surface area contributed by atoms with E-state index in [0.717, 1.165) is 17.0 Å². The van der Waals surface area contributed by atoms with Crippen molar-refractivity contribution >= 4 is 11.6 Å². The number of nitrogens with two attached hydrogens (primary N) is 1. The van der Waals surface area contributed by atoms with Crippen LogP contribution >= 0.6 is 11.6 Å². The fourth-order valence-electron chi connectivity index (χ4n) is 1.64. The van der Waals surface area contributed by atoms with Crippen molar-refractivity contribution in [1.29, 1.82) is 0 Å². The van der Waals surface area contributed by atoms with Crippen LogP contribution in [-0.2, 0) is 7.05 Å². The van der Waals surface area contributed by atoms with Crippen molar-refractivity contribution in [2.45, 2.75) is 13.0 Å². The predicted molar refractivity (Wildman–Crippen MR) is 63.2 cm³/mol. The molecule has 2 aromatic rings. The van der Waals surface area contributed by atoms with E-state index in [1.54, 1.807) is 17.1 Å². The molecule has 5 heteroatoms. The molecule has 1 atom stereocenters. The number of halogens is 1. The minimum absolute atomic E-state index is 0.347. The van der Waals surface area contributed by atoms with Crippen LogP contribution in [0.25, 0.3) is 0 Å². The first-order chi connectivity index (χ1) is 7.59. The molecule has 0 fully saturated rings. The van der Waals surface area contributed by atoms with Crippen LogP contribution in [0.15, 0.2) is 24.5 Å². The van der Waals surface area contributed by atoms with Gasteiger partial charge in [0.05, 0.1) is 28.6 Å². The molecule has 2 N–H and O–H groups in total. The van der Waals surface area contributed by atoms with Gasteiger partial charge >= 0.3 is 0 Å². The lowest BCUT2D eigenvalue weighted by atomic mass is 10.1. The highest BCUT2D eigenvalue weighted by atomic mass is 35.5. The van der Waals surface area contributed by atoms with Crippen molar-refractivity contribution in [2.75, 3.05) is 0 Å². The molecule has 0 aromatic carbocycles. The highest BCUT2D eigenvalue weighted by Gasteiger charge is 2.17. The molecule has 16 heavy (non-hydrogen) atoms. The molecule has 0 bridgehead atoms. The maximum Gasteiger partial charge on any atom is 0.0912 e. The summed E-state index contributed by atoms with van der Waals surface area (Å²) in [5.41, 5.74) is 8.82. The number of nitrogens with zero attached hydrogens (tertiary/aromatic N) is 3. The third-order valence-corrected chi connectivity index (χ3v) is 2.78. The summed E-state index contributed by atoms with van der Waals surface area (Å²) in [4.78, 5) is 4.25. The number of hydrogen-bond donors (Lipinski definition) is 1. The molecule has 0 aliphatic rings. The fourth-order valence-corrected chi connectivity index (χ4v) is 1.92. The molecule has 0 saturated heterocycles. The van der Waals surface area contributed by atoms with Gasteiger partial charge in [0.15, 0.2) is 0 Å². The van der Waals surface area contributed by atoms with Gasteiger partial charge in [0.2, 0.25) is 0 Å². The van der Waals surface area contributed by atoms with Crippen LogP contribution in [0, 0.1) is 6.92 Å². The topological polar surface area (TPSA) is 56.7 Å². The van der Waals surface area contributed by atoms with Gasteiger partial charge in [-0.3, -0.25) is 9.67 Å². The normalized spacial score (nSPS) is 12.8. The zero-order valence-electron chi connectivity index (χ0n) is 9.18. The van der Waals surface area contributed by atoms with Crippen molar-refractivity contribution in [2.24, 2.45) is 12.8 Å². The van der Waals surface area contributed by atoms with Gasteiger partial charge in [-0.05, 0) is 24.6 Å². The Morgan fingerprint density at radius 1 is 1.50 bits per heavy atom. The van der Waals surface area contributed by atoms with Gasteiger partial charge in [0, 0.05) is 13.2 Å². The van der Waals surface area contributed by atoms with E-state index in [-0.39, 0.29) is 6.04 Å². The molecule has 2 aromatic heterocycles. The van der Waals surface area contributed by atoms with E-state index in [0.29, 0.717) is 5.02 Å². The summed E-state index contributed by atoms with van der Waals surface area (Å²) in [6.07, 6.45) is 3.33. The van der Waals surface area contributed by atoms with E-state index >= 15 is 0 Å². The minimum atomic E-state index is -0.347. The quantitative estimate of drug-likeness (QED) is 0.866. The van der Waals surface area contributed by atoms with Crippen LogP contribution in [0.1, 0.15) is 23.0 Å². The highest BCUT2D eigenvalue weighted by molar-refractivity contribution is 6.31. The average Bonchev–Trinajstić information content (AvgIpc) is 2.58. The summed E-state index contributed by atoms with van der Waals surface area (Å²) < 4.78 is 1.68. The van der Waals surface area contributed by atoms with Crippen molar-refractivity contribution in [3.05, 3.63) is 46.5 Å². The molecule has 0 spiro atoms. The Morgan fingerprint density at radius 3 is 2.81 bits per heavy atom. The van der Waals surface area contributed by atoms with E-state index < -0.39 is 0 Å². The Hall–Kier alpha value is -1.39. The molecular weight excluding hydrogens is 224 g/mol. The van der Waals surface area contributed by atoms with E-state index in [1.165, 1.54) is 0 Å². The molecule has 0 radical (unpaired) electrons. The van der Waals surface area contributed by atoms with E-state index in [1.807, 2.05) is 26.1 Å². The van der Waals surface area contributed by atoms with Crippen LogP contribution in [0.3, 0.4) is 0 Å². The van der Waals surface area contributed by atoms with Crippen LogP contribution in [0.5, 0.6) is 0 Å². The minimum Gasteiger partial charge on any atom is -0.318 e.